The second kappa shape index (κ2) is 7.91. The molecule has 0 fully saturated rings. The molecule has 0 atom stereocenters. The maximum atomic E-state index is 11.4. The van der Waals surface area contributed by atoms with E-state index in [1.807, 2.05) is 20.8 Å². The Hall–Kier alpha value is -1.32. The van der Waals surface area contributed by atoms with E-state index >= 15 is 0 Å². The van der Waals surface area contributed by atoms with Crippen molar-refractivity contribution >= 4 is 11.9 Å². The molecule has 4 heteroatoms. The normalized spacial score (nSPS) is 10.0. The third-order valence-corrected chi connectivity index (χ3v) is 2.11. The Morgan fingerprint density at radius 3 is 2.50 bits per heavy atom. The van der Waals surface area contributed by atoms with Gasteiger partial charge in [-0.3, -0.25) is 9.59 Å². The zero-order valence-electron chi connectivity index (χ0n) is 10.4. The molecule has 0 saturated carbocycles. The van der Waals surface area contributed by atoms with Crippen LogP contribution in [0.5, 0.6) is 0 Å². The van der Waals surface area contributed by atoms with E-state index in [1.54, 1.807) is 4.90 Å². The van der Waals surface area contributed by atoms with Crippen LogP contribution < -0.4 is 0 Å². The molecule has 0 heterocycles. The van der Waals surface area contributed by atoms with Gasteiger partial charge in [0.2, 0.25) is 5.91 Å². The van der Waals surface area contributed by atoms with Crippen molar-refractivity contribution < 1.29 is 14.3 Å². The van der Waals surface area contributed by atoms with Crippen molar-refractivity contribution in [2.45, 2.75) is 39.7 Å². The molecule has 1 amide bonds. The molecule has 0 aromatic rings. The first-order valence-corrected chi connectivity index (χ1v) is 5.61. The highest BCUT2D eigenvalue weighted by Gasteiger charge is 2.15. The van der Waals surface area contributed by atoms with Crippen LogP contribution in [0.4, 0.5) is 0 Å². The topological polar surface area (TPSA) is 46.6 Å². The predicted molar refractivity (Wildman–Crippen MR) is 62.9 cm³/mol. The highest BCUT2D eigenvalue weighted by Crippen LogP contribution is 2.02. The van der Waals surface area contributed by atoms with E-state index in [1.165, 1.54) is 6.08 Å². The van der Waals surface area contributed by atoms with Gasteiger partial charge in [-0.2, -0.15) is 0 Å². The molecule has 0 unspecified atom stereocenters. The zero-order valence-corrected chi connectivity index (χ0v) is 10.4. The van der Waals surface area contributed by atoms with Gasteiger partial charge in [-0.1, -0.05) is 13.5 Å². The van der Waals surface area contributed by atoms with E-state index in [-0.39, 0.29) is 24.3 Å². The average molecular weight is 227 g/mol. The second-order valence-electron chi connectivity index (χ2n) is 3.80. The van der Waals surface area contributed by atoms with Crippen molar-refractivity contribution in [1.82, 2.24) is 4.90 Å². The fraction of sp³-hybridized carbons (Fsp3) is 0.667. The molecular weight excluding hydrogens is 206 g/mol. The summed E-state index contributed by atoms with van der Waals surface area (Å²) >= 11 is 0. The van der Waals surface area contributed by atoms with Crippen LogP contribution in [0.15, 0.2) is 12.7 Å². The second-order valence-corrected chi connectivity index (χ2v) is 3.80. The van der Waals surface area contributed by atoms with Crippen molar-refractivity contribution in [3.8, 4) is 0 Å². The maximum Gasteiger partial charge on any atom is 0.307 e. The number of hydrogen-bond donors (Lipinski definition) is 0. The molecule has 0 radical (unpaired) electrons. The van der Waals surface area contributed by atoms with Crippen LogP contribution in [0.25, 0.3) is 0 Å². The number of esters is 1. The first kappa shape index (κ1) is 14.7. The lowest BCUT2D eigenvalue weighted by Crippen LogP contribution is -2.37. The molecule has 16 heavy (non-hydrogen) atoms. The Bertz CT molecular complexity index is 249. The van der Waals surface area contributed by atoms with Gasteiger partial charge in [-0.25, -0.2) is 0 Å². The summed E-state index contributed by atoms with van der Waals surface area (Å²) in [4.78, 5) is 24.3. The largest absolute Gasteiger partial charge is 0.466 e. The Kier molecular flexibility index (Phi) is 7.25. The van der Waals surface area contributed by atoms with Gasteiger partial charge in [0.15, 0.2) is 0 Å². The van der Waals surface area contributed by atoms with Crippen molar-refractivity contribution in [1.29, 1.82) is 0 Å². The van der Waals surface area contributed by atoms with Gasteiger partial charge in [0.1, 0.15) is 0 Å². The quantitative estimate of drug-likeness (QED) is 0.492. The molecule has 92 valence electrons. The molecular formula is C12H21NO3. The van der Waals surface area contributed by atoms with Crippen LogP contribution in [0, 0.1) is 0 Å². The van der Waals surface area contributed by atoms with Crippen LogP contribution >= 0.6 is 0 Å². The van der Waals surface area contributed by atoms with Crippen LogP contribution in [0.2, 0.25) is 0 Å². The van der Waals surface area contributed by atoms with Gasteiger partial charge < -0.3 is 9.64 Å². The number of carbonyl (C=O) groups excluding carboxylic acids is 2. The third kappa shape index (κ3) is 5.53. The summed E-state index contributed by atoms with van der Waals surface area (Å²) < 4.78 is 4.93. The molecule has 0 aliphatic carbocycles. The Balaban J connectivity index is 4.07. The van der Waals surface area contributed by atoms with E-state index in [2.05, 4.69) is 6.58 Å². The van der Waals surface area contributed by atoms with Crippen molar-refractivity contribution in [2.24, 2.45) is 0 Å². The number of rotatable bonds is 7. The molecule has 0 aliphatic rings. The first-order chi connectivity index (χ1) is 7.52. The third-order valence-electron chi connectivity index (χ3n) is 2.11. The number of ether oxygens (including phenoxy) is 1. The zero-order chi connectivity index (χ0) is 12.6. The molecule has 0 bridgehead atoms. The SMILES string of the molecule is C=CC(=O)N(CCC(=O)OCCC)C(C)C. The minimum atomic E-state index is -0.260. The summed E-state index contributed by atoms with van der Waals surface area (Å²) in [6.45, 7) is 10.00. The van der Waals surface area contributed by atoms with Crippen LogP contribution in [0.3, 0.4) is 0 Å². The lowest BCUT2D eigenvalue weighted by Gasteiger charge is -2.24. The van der Waals surface area contributed by atoms with Crippen molar-refractivity contribution in [2.75, 3.05) is 13.2 Å². The van der Waals surface area contributed by atoms with Gasteiger partial charge in [-0.05, 0) is 26.3 Å². The van der Waals surface area contributed by atoms with Crippen LogP contribution in [-0.2, 0) is 14.3 Å². The Morgan fingerprint density at radius 2 is 2.06 bits per heavy atom. The molecule has 0 aliphatic heterocycles. The van der Waals surface area contributed by atoms with E-state index in [9.17, 15) is 9.59 Å². The smallest absolute Gasteiger partial charge is 0.307 e. The summed E-state index contributed by atoms with van der Waals surface area (Å²) in [5, 5.41) is 0. The average Bonchev–Trinajstić information content (AvgIpc) is 2.25. The van der Waals surface area contributed by atoms with Gasteiger partial charge in [-0.15, -0.1) is 0 Å². The minimum absolute atomic E-state index is 0.0597. The molecule has 0 N–H and O–H groups in total. The summed E-state index contributed by atoms with van der Waals surface area (Å²) in [6, 6.07) is 0.0597. The molecule has 0 rings (SSSR count). The Labute approximate surface area is 97.3 Å². The summed E-state index contributed by atoms with van der Waals surface area (Å²) in [5.41, 5.74) is 0. The number of carbonyl (C=O) groups is 2. The lowest BCUT2D eigenvalue weighted by atomic mass is 10.2. The fourth-order valence-corrected chi connectivity index (χ4v) is 1.24. The van der Waals surface area contributed by atoms with Crippen molar-refractivity contribution in [3.05, 3.63) is 12.7 Å². The molecule has 0 aromatic heterocycles. The van der Waals surface area contributed by atoms with Gasteiger partial charge in [0.05, 0.1) is 13.0 Å². The number of amides is 1. The van der Waals surface area contributed by atoms with E-state index in [0.29, 0.717) is 13.2 Å². The Morgan fingerprint density at radius 1 is 1.44 bits per heavy atom. The minimum Gasteiger partial charge on any atom is -0.466 e. The van der Waals surface area contributed by atoms with E-state index in [4.69, 9.17) is 4.74 Å². The fourth-order valence-electron chi connectivity index (χ4n) is 1.24. The summed E-state index contributed by atoms with van der Waals surface area (Å²) in [6.07, 6.45) is 2.31. The first-order valence-electron chi connectivity index (χ1n) is 5.61. The summed E-state index contributed by atoms with van der Waals surface area (Å²) in [7, 11) is 0. The number of nitrogens with zero attached hydrogens (tertiary/aromatic N) is 1. The van der Waals surface area contributed by atoms with E-state index < -0.39 is 0 Å². The van der Waals surface area contributed by atoms with Crippen molar-refractivity contribution in [3.63, 3.8) is 0 Å². The number of hydrogen-bond acceptors (Lipinski definition) is 3. The van der Waals surface area contributed by atoms with Crippen LogP contribution in [0.1, 0.15) is 33.6 Å². The lowest BCUT2D eigenvalue weighted by molar-refractivity contribution is -0.144. The van der Waals surface area contributed by atoms with Gasteiger partial charge >= 0.3 is 5.97 Å². The molecule has 0 aromatic carbocycles. The monoisotopic (exact) mass is 227 g/mol. The summed E-state index contributed by atoms with van der Waals surface area (Å²) in [5.74, 6) is -0.414. The predicted octanol–water partition coefficient (Wildman–Crippen LogP) is 1.75. The highest BCUT2D eigenvalue weighted by molar-refractivity contribution is 5.87. The van der Waals surface area contributed by atoms with Crippen LogP contribution in [-0.4, -0.2) is 36.0 Å². The molecule has 0 saturated heterocycles. The maximum absolute atomic E-state index is 11.4. The van der Waals surface area contributed by atoms with E-state index in [0.717, 1.165) is 6.42 Å². The highest BCUT2D eigenvalue weighted by atomic mass is 16.5. The van der Waals surface area contributed by atoms with Gasteiger partial charge in [0.25, 0.3) is 0 Å². The molecule has 4 nitrogen and oxygen atoms in total. The van der Waals surface area contributed by atoms with Gasteiger partial charge in [0, 0.05) is 12.6 Å². The standard InChI is InChI=1S/C12H21NO3/c1-5-9-16-12(15)7-8-13(10(3)4)11(14)6-2/h6,10H,2,5,7-9H2,1,3-4H3. The molecule has 0 spiro atoms.